The lowest BCUT2D eigenvalue weighted by atomic mass is 10.1. The molecule has 0 aliphatic heterocycles. The number of carbonyl (C=O) groups is 2. The van der Waals surface area contributed by atoms with Gasteiger partial charge in [0.15, 0.2) is 0 Å². The van der Waals surface area contributed by atoms with Gasteiger partial charge in [0, 0.05) is 22.6 Å². The molecule has 39 heavy (non-hydrogen) atoms. The van der Waals surface area contributed by atoms with Gasteiger partial charge in [0.2, 0.25) is 11.8 Å². The fraction of sp³-hybridized carbons (Fsp3) is 0.286. The summed E-state index contributed by atoms with van der Waals surface area (Å²) in [6.45, 7) is 5.68. The molecule has 3 aromatic rings. The van der Waals surface area contributed by atoms with Crippen molar-refractivity contribution in [2.24, 2.45) is 0 Å². The standard InChI is InChI=1S/C28H31BrClN3O5S/c1-4-31-28(35)20(3)32(18-21-7-6-8-22(29)17-21)27(34)19-33(24-11-13-25(14-12-24)38-5-2)39(36,37)26-15-9-23(30)10-16-26/h6-17,20H,4-5,18-19H2,1-3H3,(H,31,35). The summed E-state index contributed by atoms with van der Waals surface area (Å²) >= 11 is 9.42. The molecule has 8 nitrogen and oxygen atoms in total. The third-order valence-corrected chi connectivity index (χ3v) is 8.41. The van der Waals surface area contributed by atoms with Gasteiger partial charge >= 0.3 is 0 Å². The Morgan fingerprint density at radius 3 is 2.28 bits per heavy atom. The number of benzene rings is 3. The Hall–Kier alpha value is -3.08. The van der Waals surface area contributed by atoms with E-state index in [0.717, 1.165) is 14.3 Å². The van der Waals surface area contributed by atoms with Crippen LogP contribution in [-0.4, -0.2) is 50.9 Å². The van der Waals surface area contributed by atoms with E-state index >= 15 is 0 Å². The van der Waals surface area contributed by atoms with Gasteiger partial charge in [0.25, 0.3) is 10.0 Å². The summed E-state index contributed by atoms with van der Waals surface area (Å²) in [6, 6.07) is 18.7. The molecule has 208 valence electrons. The van der Waals surface area contributed by atoms with Crippen LogP contribution in [0.15, 0.2) is 82.2 Å². The number of hydrogen-bond donors (Lipinski definition) is 1. The average molecular weight is 637 g/mol. The van der Waals surface area contributed by atoms with Crippen LogP contribution in [0.2, 0.25) is 5.02 Å². The third kappa shape index (κ3) is 7.97. The van der Waals surface area contributed by atoms with Crippen molar-refractivity contribution in [1.82, 2.24) is 10.2 Å². The van der Waals surface area contributed by atoms with Crippen LogP contribution in [0.3, 0.4) is 0 Å². The zero-order chi connectivity index (χ0) is 28.6. The average Bonchev–Trinajstić information content (AvgIpc) is 2.91. The highest BCUT2D eigenvalue weighted by molar-refractivity contribution is 9.10. The molecular weight excluding hydrogens is 606 g/mol. The largest absolute Gasteiger partial charge is 0.494 e. The van der Waals surface area contributed by atoms with Gasteiger partial charge in [-0.3, -0.25) is 13.9 Å². The molecule has 0 saturated heterocycles. The Bertz CT molecular complexity index is 1390. The van der Waals surface area contributed by atoms with Crippen molar-refractivity contribution in [3.05, 3.63) is 87.9 Å². The maximum Gasteiger partial charge on any atom is 0.264 e. The highest BCUT2D eigenvalue weighted by Crippen LogP contribution is 2.27. The fourth-order valence-electron chi connectivity index (χ4n) is 3.87. The Morgan fingerprint density at radius 1 is 1.03 bits per heavy atom. The summed E-state index contributed by atoms with van der Waals surface area (Å²) in [5.74, 6) is -0.313. The van der Waals surface area contributed by atoms with Crippen LogP contribution in [-0.2, 0) is 26.2 Å². The van der Waals surface area contributed by atoms with Crippen molar-refractivity contribution in [1.29, 1.82) is 0 Å². The topological polar surface area (TPSA) is 96.0 Å². The number of ether oxygens (including phenoxy) is 1. The SMILES string of the molecule is CCNC(=O)C(C)N(Cc1cccc(Br)c1)C(=O)CN(c1ccc(OCC)cc1)S(=O)(=O)c1ccc(Cl)cc1. The second-order valence-electron chi connectivity index (χ2n) is 8.61. The minimum Gasteiger partial charge on any atom is -0.494 e. The molecule has 0 fully saturated rings. The molecule has 11 heteroatoms. The van der Waals surface area contributed by atoms with Crippen LogP contribution < -0.4 is 14.4 Å². The molecule has 0 radical (unpaired) electrons. The molecule has 3 rings (SSSR count). The first-order valence-corrected chi connectivity index (χ1v) is 15.0. The van der Waals surface area contributed by atoms with Crippen LogP contribution in [0.1, 0.15) is 26.3 Å². The van der Waals surface area contributed by atoms with Crippen LogP contribution in [0.5, 0.6) is 5.75 Å². The normalized spacial score (nSPS) is 11.9. The number of sulfonamides is 1. The Kier molecular flexibility index (Phi) is 10.8. The fourth-order valence-corrected chi connectivity index (χ4v) is 5.86. The van der Waals surface area contributed by atoms with Crippen molar-refractivity contribution >= 4 is 55.1 Å². The Labute approximate surface area is 243 Å². The maximum absolute atomic E-state index is 13.9. The predicted molar refractivity (Wildman–Crippen MR) is 156 cm³/mol. The van der Waals surface area contributed by atoms with Gasteiger partial charge in [-0.25, -0.2) is 8.42 Å². The number of likely N-dealkylation sites (N-methyl/N-ethyl adjacent to an activating group) is 1. The lowest BCUT2D eigenvalue weighted by Gasteiger charge is -2.32. The van der Waals surface area contributed by atoms with E-state index in [4.69, 9.17) is 16.3 Å². The number of carbonyl (C=O) groups excluding carboxylic acids is 2. The van der Waals surface area contributed by atoms with Crippen molar-refractivity contribution < 1.29 is 22.7 Å². The number of rotatable bonds is 12. The van der Waals surface area contributed by atoms with Gasteiger partial charge in [0.1, 0.15) is 18.3 Å². The van der Waals surface area contributed by atoms with Crippen molar-refractivity contribution in [3.63, 3.8) is 0 Å². The van der Waals surface area contributed by atoms with Crippen molar-refractivity contribution in [3.8, 4) is 5.75 Å². The lowest BCUT2D eigenvalue weighted by Crippen LogP contribution is -2.51. The van der Waals surface area contributed by atoms with E-state index in [9.17, 15) is 18.0 Å². The first-order valence-electron chi connectivity index (χ1n) is 12.4. The smallest absolute Gasteiger partial charge is 0.264 e. The zero-order valence-corrected chi connectivity index (χ0v) is 25.1. The van der Waals surface area contributed by atoms with E-state index in [2.05, 4.69) is 21.2 Å². The Balaban J connectivity index is 2.03. The van der Waals surface area contributed by atoms with Gasteiger partial charge in [-0.05, 0) is 87.0 Å². The number of nitrogens with zero attached hydrogens (tertiary/aromatic N) is 2. The predicted octanol–water partition coefficient (Wildman–Crippen LogP) is 5.25. The molecule has 0 aliphatic carbocycles. The molecule has 0 heterocycles. The van der Waals surface area contributed by atoms with Crippen molar-refractivity contribution in [2.75, 3.05) is 24.0 Å². The number of nitrogens with one attached hydrogen (secondary N) is 1. The number of anilines is 1. The molecule has 0 bridgehead atoms. The highest BCUT2D eigenvalue weighted by atomic mass is 79.9. The number of amides is 2. The summed E-state index contributed by atoms with van der Waals surface area (Å²) in [4.78, 5) is 28.0. The van der Waals surface area contributed by atoms with Gasteiger partial charge in [-0.15, -0.1) is 0 Å². The quantitative estimate of drug-likeness (QED) is 0.293. The summed E-state index contributed by atoms with van der Waals surface area (Å²) in [6.07, 6.45) is 0. The molecular formula is C28H31BrClN3O5S. The molecule has 1 atom stereocenters. The van der Waals surface area contributed by atoms with Crippen molar-refractivity contribution in [2.45, 2.75) is 38.3 Å². The van der Waals surface area contributed by atoms with E-state index in [0.29, 0.717) is 23.9 Å². The van der Waals surface area contributed by atoms with Crippen LogP contribution in [0, 0.1) is 0 Å². The van der Waals surface area contributed by atoms with Gasteiger partial charge in [0.05, 0.1) is 17.2 Å². The Morgan fingerprint density at radius 2 is 1.69 bits per heavy atom. The number of hydrogen-bond acceptors (Lipinski definition) is 5. The summed E-state index contributed by atoms with van der Waals surface area (Å²) < 4.78 is 35.0. The van der Waals surface area contributed by atoms with E-state index in [-0.39, 0.29) is 23.0 Å². The van der Waals surface area contributed by atoms with Crippen LogP contribution in [0.25, 0.3) is 0 Å². The minimum atomic E-state index is -4.18. The first kappa shape index (κ1) is 30.5. The molecule has 1 N–H and O–H groups in total. The zero-order valence-electron chi connectivity index (χ0n) is 21.9. The molecule has 2 amide bonds. The molecule has 0 saturated carbocycles. The van der Waals surface area contributed by atoms with Gasteiger partial charge < -0.3 is 15.0 Å². The van der Waals surface area contributed by atoms with Gasteiger partial charge in [-0.2, -0.15) is 0 Å². The second kappa shape index (κ2) is 13.8. The maximum atomic E-state index is 13.9. The molecule has 3 aromatic carbocycles. The van der Waals surface area contributed by atoms with E-state index < -0.39 is 28.5 Å². The summed E-state index contributed by atoms with van der Waals surface area (Å²) in [5.41, 5.74) is 1.05. The second-order valence-corrected chi connectivity index (χ2v) is 11.8. The summed E-state index contributed by atoms with van der Waals surface area (Å²) in [7, 11) is -4.18. The third-order valence-electron chi connectivity index (χ3n) is 5.88. The number of halogens is 2. The van der Waals surface area contributed by atoms with E-state index in [1.807, 2.05) is 31.2 Å². The molecule has 0 aliphatic rings. The highest BCUT2D eigenvalue weighted by Gasteiger charge is 2.32. The van der Waals surface area contributed by atoms with Crippen LogP contribution >= 0.6 is 27.5 Å². The van der Waals surface area contributed by atoms with E-state index in [1.165, 1.54) is 29.2 Å². The van der Waals surface area contributed by atoms with Gasteiger partial charge in [-0.1, -0.05) is 39.7 Å². The first-order chi connectivity index (χ1) is 18.6. The summed E-state index contributed by atoms with van der Waals surface area (Å²) in [5, 5.41) is 3.12. The lowest BCUT2D eigenvalue weighted by molar-refractivity contribution is -0.139. The minimum absolute atomic E-state index is 0.0242. The van der Waals surface area contributed by atoms with Crippen LogP contribution in [0.4, 0.5) is 5.69 Å². The monoisotopic (exact) mass is 635 g/mol. The molecule has 1 unspecified atom stereocenters. The molecule has 0 spiro atoms. The molecule has 0 aromatic heterocycles. The van der Waals surface area contributed by atoms with E-state index in [1.54, 1.807) is 38.1 Å².